The minimum atomic E-state index is 0.398. The molecule has 106 valence electrons. The molecule has 2 aromatic heterocycles. The van der Waals surface area contributed by atoms with Gasteiger partial charge in [0.15, 0.2) is 0 Å². The smallest absolute Gasteiger partial charge is 0.246 e. The van der Waals surface area contributed by atoms with Crippen LogP contribution < -0.4 is 10.1 Å². The lowest BCUT2D eigenvalue weighted by atomic mass is 10.3. The van der Waals surface area contributed by atoms with Crippen molar-refractivity contribution < 1.29 is 9.26 Å². The number of nitrogens with one attached hydrogen (secondary N) is 1. The number of aromatic nitrogens is 4. The molecule has 0 radical (unpaired) electrons. The van der Waals surface area contributed by atoms with Gasteiger partial charge in [-0.1, -0.05) is 23.4 Å². The molecule has 0 atom stereocenters. The lowest BCUT2D eigenvalue weighted by molar-refractivity contribution is 0.383. The Morgan fingerprint density at radius 3 is 2.67 bits per heavy atom. The molecular formula is C14H13N5O2. The van der Waals surface area contributed by atoms with Gasteiger partial charge in [0.25, 0.3) is 0 Å². The number of methoxy groups -OCH3 is 1. The van der Waals surface area contributed by atoms with E-state index >= 15 is 0 Å². The summed E-state index contributed by atoms with van der Waals surface area (Å²) >= 11 is 0. The zero-order valence-corrected chi connectivity index (χ0v) is 11.4. The number of nitrogens with zero attached hydrogens (tertiary/aromatic N) is 4. The van der Waals surface area contributed by atoms with Crippen LogP contribution in [0, 0.1) is 0 Å². The summed E-state index contributed by atoms with van der Waals surface area (Å²) in [6.07, 6.45) is 0. The second-order valence-corrected chi connectivity index (χ2v) is 4.19. The highest BCUT2D eigenvalue weighted by Crippen LogP contribution is 2.15. The number of hydrogen-bond donors (Lipinski definition) is 1. The Hall–Kier alpha value is -2.96. The molecule has 0 saturated carbocycles. The van der Waals surface area contributed by atoms with Crippen molar-refractivity contribution >= 4 is 5.69 Å². The fourth-order valence-electron chi connectivity index (χ4n) is 1.71. The van der Waals surface area contributed by atoms with E-state index in [1.54, 1.807) is 12.1 Å². The number of ether oxygens (including phenoxy) is 1. The van der Waals surface area contributed by atoms with Gasteiger partial charge in [-0.15, -0.1) is 10.2 Å². The quantitative estimate of drug-likeness (QED) is 0.767. The molecule has 2 heterocycles. The topological polar surface area (TPSA) is 86.0 Å². The van der Waals surface area contributed by atoms with Crippen LogP contribution in [0.4, 0.5) is 5.69 Å². The van der Waals surface area contributed by atoms with E-state index in [1.165, 1.54) is 7.11 Å². The zero-order chi connectivity index (χ0) is 14.5. The standard InChI is InChI=1S/C14H13N5O2/c1-20-12-8-7-11(17-18-12)14-16-13(21-19-14)9-15-10-5-3-2-4-6-10/h2-8,15H,9H2,1H3. The first-order valence-electron chi connectivity index (χ1n) is 6.35. The molecule has 0 aliphatic heterocycles. The van der Waals surface area contributed by atoms with Crippen LogP contribution in [0.1, 0.15) is 5.89 Å². The van der Waals surface area contributed by atoms with Gasteiger partial charge in [-0.25, -0.2) is 0 Å². The van der Waals surface area contributed by atoms with E-state index in [1.807, 2.05) is 30.3 Å². The molecular weight excluding hydrogens is 270 g/mol. The Balaban J connectivity index is 1.68. The molecule has 7 nitrogen and oxygen atoms in total. The molecule has 0 unspecified atom stereocenters. The first-order valence-corrected chi connectivity index (χ1v) is 6.35. The summed E-state index contributed by atoms with van der Waals surface area (Å²) in [5.41, 5.74) is 1.52. The average molecular weight is 283 g/mol. The van der Waals surface area contributed by atoms with Gasteiger partial charge in [-0.3, -0.25) is 0 Å². The van der Waals surface area contributed by atoms with Gasteiger partial charge in [0, 0.05) is 11.8 Å². The Morgan fingerprint density at radius 2 is 1.95 bits per heavy atom. The van der Waals surface area contributed by atoms with E-state index in [2.05, 4.69) is 25.7 Å². The zero-order valence-electron chi connectivity index (χ0n) is 11.4. The maximum Gasteiger partial charge on any atom is 0.246 e. The van der Waals surface area contributed by atoms with Crippen molar-refractivity contribution in [3.63, 3.8) is 0 Å². The highest BCUT2D eigenvalue weighted by atomic mass is 16.5. The van der Waals surface area contributed by atoms with Crippen molar-refractivity contribution in [3.05, 3.63) is 48.4 Å². The van der Waals surface area contributed by atoms with Crippen LogP contribution in [-0.2, 0) is 6.54 Å². The Labute approximate surface area is 121 Å². The van der Waals surface area contributed by atoms with Crippen LogP contribution in [-0.4, -0.2) is 27.4 Å². The fraction of sp³-hybridized carbons (Fsp3) is 0.143. The van der Waals surface area contributed by atoms with Gasteiger partial charge in [0.1, 0.15) is 5.69 Å². The van der Waals surface area contributed by atoms with E-state index in [4.69, 9.17) is 9.26 Å². The van der Waals surface area contributed by atoms with Crippen LogP contribution in [0.3, 0.4) is 0 Å². The molecule has 0 spiro atoms. The third-order valence-electron chi connectivity index (χ3n) is 2.76. The average Bonchev–Trinajstić information content (AvgIpc) is 3.03. The minimum Gasteiger partial charge on any atom is -0.480 e. The predicted octanol–water partition coefficient (Wildman–Crippen LogP) is 2.15. The summed E-state index contributed by atoms with van der Waals surface area (Å²) in [4.78, 5) is 4.27. The second-order valence-electron chi connectivity index (χ2n) is 4.19. The van der Waals surface area contributed by atoms with E-state index < -0.39 is 0 Å². The van der Waals surface area contributed by atoms with Gasteiger partial charge in [0.2, 0.25) is 17.6 Å². The molecule has 21 heavy (non-hydrogen) atoms. The summed E-state index contributed by atoms with van der Waals surface area (Å²) in [6, 6.07) is 13.2. The van der Waals surface area contributed by atoms with Gasteiger partial charge < -0.3 is 14.6 Å². The summed E-state index contributed by atoms with van der Waals surface area (Å²) in [5.74, 6) is 1.31. The Bertz CT molecular complexity index is 697. The first-order chi connectivity index (χ1) is 10.3. The number of benzene rings is 1. The van der Waals surface area contributed by atoms with Gasteiger partial charge in [-0.05, 0) is 18.2 Å². The third kappa shape index (κ3) is 3.14. The second kappa shape index (κ2) is 6.00. The molecule has 0 bridgehead atoms. The van der Waals surface area contributed by atoms with Crippen molar-refractivity contribution in [2.24, 2.45) is 0 Å². The molecule has 0 aliphatic rings. The number of rotatable bonds is 5. The minimum absolute atomic E-state index is 0.398. The molecule has 1 aromatic carbocycles. The SMILES string of the molecule is COc1ccc(-c2noc(CNc3ccccc3)n2)nn1. The van der Waals surface area contributed by atoms with Gasteiger partial charge in [0.05, 0.1) is 13.7 Å². The van der Waals surface area contributed by atoms with E-state index in [0.29, 0.717) is 29.8 Å². The summed E-state index contributed by atoms with van der Waals surface area (Å²) in [7, 11) is 1.53. The van der Waals surface area contributed by atoms with E-state index in [-0.39, 0.29) is 0 Å². The maximum atomic E-state index is 5.17. The highest BCUT2D eigenvalue weighted by molar-refractivity contribution is 5.47. The summed E-state index contributed by atoms with van der Waals surface area (Å²) < 4.78 is 10.1. The van der Waals surface area contributed by atoms with Crippen molar-refractivity contribution in [1.29, 1.82) is 0 Å². The maximum absolute atomic E-state index is 5.17. The summed E-state index contributed by atoms with van der Waals surface area (Å²) in [5, 5.41) is 14.9. The van der Waals surface area contributed by atoms with Crippen LogP contribution in [0.5, 0.6) is 5.88 Å². The van der Waals surface area contributed by atoms with Crippen molar-refractivity contribution in [1.82, 2.24) is 20.3 Å². The van der Waals surface area contributed by atoms with Crippen LogP contribution >= 0.6 is 0 Å². The van der Waals surface area contributed by atoms with Gasteiger partial charge in [-0.2, -0.15) is 4.98 Å². The Kier molecular flexibility index (Phi) is 3.72. The summed E-state index contributed by atoms with van der Waals surface area (Å²) in [6.45, 7) is 0.445. The third-order valence-corrected chi connectivity index (χ3v) is 2.76. The van der Waals surface area contributed by atoms with Crippen LogP contribution in [0.2, 0.25) is 0 Å². The normalized spacial score (nSPS) is 10.3. The number of hydrogen-bond acceptors (Lipinski definition) is 7. The van der Waals surface area contributed by atoms with Crippen LogP contribution in [0.15, 0.2) is 47.0 Å². The van der Waals surface area contributed by atoms with Crippen molar-refractivity contribution in [2.45, 2.75) is 6.54 Å². The molecule has 3 rings (SSSR count). The molecule has 0 aliphatic carbocycles. The van der Waals surface area contributed by atoms with Crippen molar-refractivity contribution in [2.75, 3.05) is 12.4 Å². The van der Waals surface area contributed by atoms with Crippen molar-refractivity contribution in [3.8, 4) is 17.4 Å². The molecule has 1 N–H and O–H groups in total. The largest absolute Gasteiger partial charge is 0.480 e. The Morgan fingerprint density at radius 1 is 1.10 bits per heavy atom. The lowest BCUT2D eigenvalue weighted by Crippen LogP contribution is -1.99. The molecule has 0 fully saturated rings. The molecule has 0 amide bonds. The van der Waals surface area contributed by atoms with E-state index in [9.17, 15) is 0 Å². The fourth-order valence-corrected chi connectivity index (χ4v) is 1.71. The molecule has 7 heteroatoms. The molecule has 0 saturated heterocycles. The lowest BCUT2D eigenvalue weighted by Gasteiger charge is -2.01. The predicted molar refractivity (Wildman–Crippen MR) is 75.6 cm³/mol. The monoisotopic (exact) mass is 283 g/mol. The highest BCUT2D eigenvalue weighted by Gasteiger charge is 2.10. The van der Waals surface area contributed by atoms with E-state index in [0.717, 1.165) is 5.69 Å². The first kappa shape index (κ1) is 13.0. The number of para-hydroxylation sites is 1. The number of anilines is 1. The van der Waals surface area contributed by atoms with Crippen LogP contribution in [0.25, 0.3) is 11.5 Å². The van der Waals surface area contributed by atoms with Gasteiger partial charge >= 0.3 is 0 Å². The molecule has 3 aromatic rings.